The van der Waals surface area contributed by atoms with Crippen molar-refractivity contribution in [2.45, 2.75) is 24.3 Å². The van der Waals surface area contributed by atoms with Gasteiger partial charge in [-0.2, -0.15) is 8.42 Å². The Morgan fingerprint density at radius 3 is 1.67 bits per heavy atom. The topological polar surface area (TPSA) is 178 Å². The summed E-state index contributed by atoms with van der Waals surface area (Å²) in [6, 6.07) is -3.82. The lowest BCUT2D eigenvalue weighted by molar-refractivity contribution is -0.147. The van der Waals surface area contributed by atoms with Gasteiger partial charge in [-0.05, 0) is 6.92 Å². The highest BCUT2D eigenvalue weighted by atomic mass is 32.2. The molecule has 11 heteroatoms. The minimum atomic E-state index is -5.22. The first-order valence-corrected chi connectivity index (χ1v) is 5.89. The number of carboxylic acid groups (broad SMARTS) is 3. The summed E-state index contributed by atoms with van der Waals surface area (Å²) in [7, 11) is -5.22. The van der Waals surface area contributed by atoms with Crippen LogP contribution in [0.2, 0.25) is 0 Å². The van der Waals surface area contributed by atoms with Crippen molar-refractivity contribution in [1.29, 1.82) is 0 Å². The lowest BCUT2D eigenvalue weighted by Gasteiger charge is -2.21. The molecule has 0 bridgehead atoms. The fourth-order valence-corrected chi connectivity index (χ4v) is 1.86. The van der Waals surface area contributed by atoms with Crippen LogP contribution in [0.3, 0.4) is 0 Å². The van der Waals surface area contributed by atoms with Crippen molar-refractivity contribution in [3.8, 4) is 0 Å². The van der Waals surface area contributed by atoms with Gasteiger partial charge in [-0.25, -0.2) is 0 Å². The Bertz CT molecular complexity index is 456. The Hall–Kier alpha value is -1.72. The van der Waals surface area contributed by atoms with Gasteiger partial charge in [-0.1, -0.05) is 0 Å². The molecule has 104 valence electrons. The van der Waals surface area contributed by atoms with Crippen LogP contribution >= 0.6 is 0 Å². The van der Waals surface area contributed by atoms with E-state index in [0.29, 0.717) is 0 Å². The van der Waals surface area contributed by atoms with E-state index in [-0.39, 0.29) is 0 Å². The maximum absolute atomic E-state index is 10.8. The summed E-state index contributed by atoms with van der Waals surface area (Å²) < 4.78 is 30.2. The minimum Gasteiger partial charge on any atom is -0.480 e. The van der Waals surface area contributed by atoms with Crippen molar-refractivity contribution >= 4 is 28.0 Å². The molecule has 18 heavy (non-hydrogen) atoms. The monoisotopic (exact) mass is 285 g/mol. The van der Waals surface area contributed by atoms with Gasteiger partial charge in [0.05, 0.1) is 0 Å². The van der Waals surface area contributed by atoms with Gasteiger partial charge in [0.15, 0.2) is 0 Å². The molecule has 10 nitrogen and oxygen atoms in total. The number of nitrogens with one attached hydrogen (secondary N) is 1. The molecular weight excluding hydrogens is 274 g/mol. The number of hydrogen-bond donors (Lipinski definition) is 5. The molecule has 0 aliphatic rings. The molecule has 3 unspecified atom stereocenters. The van der Waals surface area contributed by atoms with E-state index >= 15 is 0 Å². The SMILES string of the molecule is CC(NC(C(=O)O)C(C(=O)O)S(=O)(=O)O)C(=O)O. The molecule has 0 aromatic rings. The molecule has 0 heterocycles. The fourth-order valence-electron chi connectivity index (χ4n) is 1.07. The van der Waals surface area contributed by atoms with Gasteiger partial charge in [0.2, 0.25) is 5.25 Å². The van der Waals surface area contributed by atoms with E-state index < -0.39 is 45.4 Å². The van der Waals surface area contributed by atoms with Crippen LogP contribution in [-0.4, -0.2) is 63.5 Å². The minimum absolute atomic E-state index is 0.987. The van der Waals surface area contributed by atoms with Crippen LogP contribution in [-0.2, 0) is 24.5 Å². The van der Waals surface area contributed by atoms with Crippen molar-refractivity contribution < 1.29 is 42.7 Å². The lowest BCUT2D eigenvalue weighted by atomic mass is 10.1. The average molecular weight is 285 g/mol. The van der Waals surface area contributed by atoms with Gasteiger partial charge in [0.25, 0.3) is 10.1 Å². The van der Waals surface area contributed by atoms with Gasteiger partial charge in [-0.3, -0.25) is 24.3 Å². The maximum Gasteiger partial charge on any atom is 0.326 e. The Labute approximate surface area is 101 Å². The Kier molecular flexibility index (Phi) is 5.20. The molecule has 0 fully saturated rings. The third kappa shape index (κ3) is 4.27. The molecular formula is C7H11NO9S. The fraction of sp³-hybridized carbons (Fsp3) is 0.571. The van der Waals surface area contributed by atoms with Crippen molar-refractivity contribution in [3.63, 3.8) is 0 Å². The molecule has 0 aromatic heterocycles. The van der Waals surface area contributed by atoms with E-state index in [1.165, 1.54) is 0 Å². The van der Waals surface area contributed by atoms with E-state index in [9.17, 15) is 22.8 Å². The largest absolute Gasteiger partial charge is 0.480 e. The summed E-state index contributed by atoms with van der Waals surface area (Å²) in [4.78, 5) is 31.9. The van der Waals surface area contributed by atoms with Crippen LogP contribution in [0.25, 0.3) is 0 Å². The van der Waals surface area contributed by atoms with Crippen LogP contribution in [0.15, 0.2) is 0 Å². The summed E-state index contributed by atoms with van der Waals surface area (Å²) in [5.74, 6) is -5.55. The normalized spacial score (nSPS) is 16.6. The van der Waals surface area contributed by atoms with Crippen LogP contribution in [0, 0.1) is 0 Å². The molecule has 0 aromatic carbocycles. The number of rotatable bonds is 7. The highest BCUT2D eigenvalue weighted by molar-refractivity contribution is 7.87. The smallest absolute Gasteiger partial charge is 0.326 e. The zero-order valence-electron chi connectivity index (χ0n) is 8.97. The van der Waals surface area contributed by atoms with E-state index in [4.69, 9.17) is 19.9 Å². The Balaban J connectivity index is 5.39. The van der Waals surface area contributed by atoms with Gasteiger partial charge < -0.3 is 15.3 Å². The quantitative estimate of drug-likeness (QED) is 0.323. The van der Waals surface area contributed by atoms with E-state index in [1.807, 2.05) is 0 Å². The van der Waals surface area contributed by atoms with Crippen molar-refractivity contribution in [2.75, 3.05) is 0 Å². The second-order valence-electron chi connectivity index (χ2n) is 3.32. The van der Waals surface area contributed by atoms with Crippen LogP contribution < -0.4 is 5.32 Å². The zero-order valence-corrected chi connectivity index (χ0v) is 9.79. The van der Waals surface area contributed by atoms with Crippen LogP contribution in [0.5, 0.6) is 0 Å². The molecule has 0 aliphatic carbocycles. The zero-order chi connectivity index (χ0) is 14.7. The lowest BCUT2D eigenvalue weighted by Crippen LogP contribution is -2.56. The highest BCUT2D eigenvalue weighted by Crippen LogP contribution is 2.07. The molecule has 5 N–H and O–H groups in total. The first kappa shape index (κ1) is 16.3. The molecule has 3 atom stereocenters. The summed E-state index contributed by atoms with van der Waals surface area (Å²) in [5.41, 5.74) is 0. The van der Waals surface area contributed by atoms with Crippen molar-refractivity contribution in [3.05, 3.63) is 0 Å². The molecule has 0 amide bonds. The molecule has 0 spiro atoms. The first-order valence-electron chi connectivity index (χ1n) is 4.39. The predicted molar refractivity (Wildman–Crippen MR) is 54.6 cm³/mol. The second kappa shape index (κ2) is 5.75. The van der Waals surface area contributed by atoms with E-state index in [1.54, 1.807) is 5.32 Å². The second-order valence-corrected chi connectivity index (χ2v) is 4.85. The summed E-state index contributed by atoms with van der Waals surface area (Å²) in [5, 5.41) is 24.9. The van der Waals surface area contributed by atoms with Gasteiger partial charge in [0.1, 0.15) is 12.1 Å². The van der Waals surface area contributed by atoms with Gasteiger partial charge in [0, 0.05) is 0 Å². The van der Waals surface area contributed by atoms with Gasteiger partial charge in [-0.15, -0.1) is 0 Å². The summed E-state index contributed by atoms with van der Waals surface area (Å²) >= 11 is 0. The number of carboxylic acids is 3. The summed E-state index contributed by atoms with van der Waals surface area (Å²) in [6.07, 6.45) is 0. The molecule has 0 radical (unpaired) electrons. The van der Waals surface area contributed by atoms with Crippen LogP contribution in [0.1, 0.15) is 6.92 Å². The van der Waals surface area contributed by atoms with Gasteiger partial charge >= 0.3 is 17.9 Å². The molecule has 0 rings (SSSR count). The Morgan fingerprint density at radius 2 is 1.44 bits per heavy atom. The van der Waals surface area contributed by atoms with E-state index in [0.717, 1.165) is 6.92 Å². The molecule has 0 saturated heterocycles. The highest BCUT2D eigenvalue weighted by Gasteiger charge is 2.44. The summed E-state index contributed by atoms with van der Waals surface area (Å²) in [6.45, 7) is 0.987. The third-order valence-corrected chi connectivity index (χ3v) is 3.05. The van der Waals surface area contributed by atoms with Crippen molar-refractivity contribution in [1.82, 2.24) is 5.32 Å². The first-order chi connectivity index (χ1) is 7.98. The average Bonchev–Trinajstić information content (AvgIpc) is 2.12. The molecule has 0 aliphatic heterocycles. The maximum atomic E-state index is 10.8. The predicted octanol–water partition coefficient (Wildman–Crippen LogP) is -2.16. The number of aliphatic carboxylic acids is 3. The molecule has 0 saturated carbocycles. The van der Waals surface area contributed by atoms with E-state index in [2.05, 4.69) is 0 Å². The third-order valence-electron chi connectivity index (χ3n) is 1.93. The standard InChI is InChI=1S/C7H11NO9S/c1-2(5(9)10)8-3(6(11)12)4(7(13)14)18(15,16)17/h2-4,8H,1H3,(H,9,10)(H,11,12)(H,13,14)(H,15,16,17). The Morgan fingerprint density at radius 1 is 1.00 bits per heavy atom. The number of hydrogen-bond acceptors (Lipinski definition) is 6. The van der Waals surface area contributed by atoms with Crippen LogP contribution in [0.4, 0.5) is 0 Å². The van der Waals surface area contributed by atoms with Crippen molar-refractivity contribution in [2.24, 2.45) is 0 Å². The number of carbonyl (C=O) groups is 3.